The average molecular weight is 389 g/mol. The molecule has 2 aromatic rings. The molecule has 27 heavy (non-hydrogen) atoms. The molecule has 0 aliphatic carbocycles. The molecular weight excluding hydrogens is 364 g/mol. The second-order valence-corrected chi connectivity index (χ2v) is 8.27. The van der Waals surface area contributed by atoms with Crippen LogP contribution in [0, 0.1) is 0 Å². The van der Waals surface area contributed by atoms with Gasteiger partial charge in [0.15, 0.2) is 5.78 Å². The van der Waals surface area contributed by atoms with Crippen LogP contribution in [0.3, 0.4) is 0 Å². The molecule has 0 unspecified atom stereocenters. The van der Waals surface area contributed by atoms with E-state index in [0.717, 1.165) is 0 Å². The third kappa shape index (κ3) is 5.23. The molecule has 5 nitrogen and oxygen atoms in total. The monoisotopic (exact) mass is 388 g/mol. The van der Waals surface area contributed by atoms with Crippen LogP contribution in [0.4, 0.5) is 10.5 Å². The number of anilines is 1. The third-order valence-corrected chi connectivity index (χ3v) is 4.22. The summed E-state index contributed by atoms with van der Waals surface area (Å²) in [6, 6.07) is 12.0. The maximum Gasteiger partial charge on any atom is 0.408 e. The molecule has 0 aliphatic rings. The Labute approximate surface area is 164 Å². The molecule has 0 radical (unpaired) electrons. The SMILES string of the molecule is CC(C)(C)OC(=O)NC(C)(C)c1cc(N)c(C(=O)c2ccccc2)cc1Cl. The van der Waals surface area contributed by atoms with Gasteiger partial charge in [0.25, 0.3) is 0 Å². The summed E-state index contributed by atoms with van der Waals surface area (Å²) in [7, 11) is 0. The Balaban J connectivity index is 2.33. The van der Waals surface area contributed by atoms with Gasteiger partial charge in [-0.15, -0.1) is 0 Å². The zero-order valence-electron chi connectivity index (χ0n) is 16.2. The van der Waals surface area contributed by atoms with Crippen LogP contribution in [0.5, 0.6) is 0 Å². The molecule has 0 heterocycles. The Hall–Kier alpha value is -2.53. The summed E-state index contributed by atoms with van der Waals surface area (Å²) in [6.45, 7) is 8.93. The minimum atomic E-state index is -0.845. The number of nitrogens with two attached hydrogens (primary N) is 1. The predicted molar refractivity (Wildman–Crippen MR) is 108 cm³/mol. The standard InChI is InChI=1S/C21H25ClN2O3/c1-20(2,3)27-19(26)24-21(4,5)15-12-17(23)14(11-16(15)22)18(25)13-9-7-6-8-10-13/h6-12H,23H2,1-5H3,(H,24,26). The number of nitrogens with one attached hydrogen (secondary N) is 1. The van der Waals surface area contributed by atoms with Gasteiger partial charge in [0, 0.05) is 21.8 Å². The molecule has 2 rings (SSSR count). The van der Waals surface area contributed by atoms with Crippen LogP contribution in [0.25, 0.3) is 0 Å². The third-order valence-electron chi connectivity index (χ3n) is 3.91. The molecule has 144 valence electrons. The second kappa shape index (κ2) is 7.61. The van der Waals surface area contributed by atoms with E-state index in [1.54, 1.807) is 71.0 Å². The summed E-state index contributed by atoms with van der Waals surface area (Å²) in [5.41, 5.74) is 6.41. The molecule has 3 N–H and O–H groups in total. The fourth-order valence-corrected chi connectivity index (χ4v) is 3.04. The number of halogens is 1. The average Bonchev–Trinajstić information content (AvgIpc) is 2.54. The summed E-state index contributed by atoms with van der Waals surface area (Å²) in [4.78, 5) is 24.8. The normalized spacial score (nSPS) is 11.8. The van der Waals surface area contributed by atoms with Crippen molar-refractivity contribution in [3.05, 3.63) is 64.2 Å². The highest BCUT2D eigenvalue weighted by Gasteiger charge is 2.29. The van der Waals surface area contributed by atoms with Gasteiger partial charge in [-0.3, -0.25) is 4.79 Å². The highest BCUT2D eigenvalue weighted by molar-refractivity contribution is 6.32. The van der Waals surface area contributed by atoms with Crippen molar-refractivity contribution < 1.29 is 14.3 Å². The molecule has 0 spiro atoms. The van der Waals surface area contributed by atoms with Gasteiger partial charge < -0.3 is 15.8 Å². The molecule has 0 saturated heterocycles. The fourth-order valence-electron chi connectivity index (χ4n) is 2.64. The second-order valence-electron chi connectivity index (χ2n) is 7.87. The first-order chi connectivity index (χ1) is 12.4. The Morgan fingerprint density at radius 1 is 1.04 bits per heavy atom. The number of ether oxygens (including phenoxy) is 1. The predicted octanol–water partition coefficient (Wildman–Crippen LogP) is 4.91. The number of amides is 1. The lowest BCUT2D eigenvalue weighted by atomic mass is 9.91. The molecule has 2 aromatic carbocycles. The zero-order chi connectivity index (χ0) is 20.4. The number of hydrogen-bond donors (Lipinski definition) is 2. The summed E-state index contributed by atoms with van der Waals surface area (Å²) >= 11 is 6.43. The summed E-state index contributed by atoms with van der Waals surface area (Å²) in [5, 5.41) is 3.13. The van der Waals surface area contributed by atoms with Crippen molar-refractivity contribution >= 4 is 29.2 Å². The largest absolute Gasteiger partial charge is 0.444 e. The first-order valence-corrected chi connectivity index (χ1v) is 8.99. The number of carbonyl (C=O) groups excluding carboxylic acids is 2. The number of ketones is 1. The molecular formula is C21H25ClN2O3. The van der Waals surface area contributed by atoms with Gasteiger partial charge in [-0.2, -0.15) is 0 Å². The van der Waals surface area contributed by atoms with E-state index in [-0.39, 0.29) is 5.78 Å². The first kappa shape index (κ1) is 20.8. The van der Waals surface area contributed by atoms with Crippen molar-refractivity contribution in [2.24, 2.45) is 0 Å². The van der Waals surface area contributed by atoms with E-state index in [0.29, 0.717) is 27.4 Å². The number of benzene rings is 2. The van der Waals surface area contributed by atoms with Gasteiger partial charge in [0.05, 0.1) is 5.54 Å². The zero-order valence-corrected chi connectivity index (χ0v) is 17.0. The quantitative estimate of drug-likeness (QED) is 0.575. The summed E-state index contributed by atoms with van der Waals surface area (Å²) in [6.07, 6.45) is -0.563. The highest BCUT2D eigenvalue weighted by atomic mass is 35.5. The van der Waals surface area contributed by atoms with Gasteiger partial charge in [-0.1, -0.05) is 41.9 Å². The van der Waals surface area contributed by atoms with Crippen LogP contribution in [0.2, 0.25) is 5.02 Å². The van der Waals surface area contributed by atoms with Crippen molar-refractivity contribution in [1.82, 2.24) is 5.32 Å². The Morgan fingerprint density at radius 3 is 2.19 bits per heavy atom. The lowest BCUT2D eigenvalue weighted by Crippen LogP contribution is -2.44. The highest BCUT2D eigenvalue weighted by Crippen LogP contribution is 2.33. The molecule has 6 heteroatoms. The molecule has 0 bridgehead atoms. The van der Waals surface area contributed by atoms with Crippen molar-refractivity contribution in [3.8, 4) is 0 Å². The number of carbonyl (C=O) groups is 2. The number of nitrogen functional groups attached to an aromatic ring is 1. The van der Waals surface area contributed by atoms with Crippen LogP contribution >= 0.6 is 11.6 Å². The Kier molecular flexibility index (Phi) is 5.85. The Bertz CT molecular complexity index is 856. The van der Waals surface area contributed by atoms with Gasteiger partial charge in [0.2, 0.25) is 0 Å². The van der Waals surface area contributed by atoms with E-state index < -0.39 is 17.2 Å². The van der Waals surface area contributed by atoms with Crippen LogP contribution in [-0.4, -0.2) is 17.5 Å². The van der Waals surface area contributed by atoms with E-state index in [1.807, 2.05) is 6.07 Å². The van der Waals surface area contributed by atoms with Crippen LogP contribution in [-0.2, 0) is 10.3 Å². The molecule has 0 atom stereocenters. The van der Waals surface area contributed by atoms with Gasteiger partial charge in [-0.05, 0) is 52.3 Å². The maximum atomic E-state index is 12.7. The van der Waals surface area contributed by atoms with Crippen molar-refractivity contribution in [2.75, 3.05) is 5.73 Å². The number of hydrogen-bond acceptors (Lipinski definition) is 4. The van der Waals surface area contributed by atoms with Crippen molar-refractivity contribution in [1.29, 1.82) is 0 Å². The number of alkyl carbamates (subject to hydrolysis) is 1. The molecule has 0 fully saturated rings. The maximum absolute atomic E-state index is 12.7. The fraction of sp³-hybridized carbons (Fsp3) is 0.333. The van der Waals surface area contributed by atoms with Gasteiger partial charge >= 0.3 is 6.09 Å². The van der Waals surface area contributed by atoms with Crippen LogP contribution in [0.15, 0.2) is 42.5 Å². The lowest BCUT2D eigenvalue weighted by molar-refractivity contribution is 0.0470. The molecule has 0 saturated carbocycles. The lowest BCUT2D eigenvalue weighted by Gasteiger charge is -2.30. The molecule has 0 aromatic heterocycles. The van der Waals surface area contributed by atoms with E-state index in [2.05, 4.69) is 5.32 Å². The number of rotatable bonds is 4. The smallest absolute Gasteiger partial charge is 0.408 e. The molecule has 1 amide bonds. The van der Waals surface area contributed by atoms with Crippen molar-refractivity contribution in [3.63, 3.8) is 0 Å². The van der Waals surface area contributed by atoms with Crippen LogP contribution in [0.1, 0.15) is 56.1 Å². The van der Waals surface area contributed by atoms with E-state index in [9.17, 15) is 9.59 Å². The van der Waals surface area contributed by atoms with Gasteiger partial charge in [-0.25, -0.2) is 4.79 Å². The van der Waals surface area contributed by atoms with Crippen molar-refractivity contribution in [2.45, 2.75) is 45.8 Å². The van der Waals surface area contributed by atoms with Crippen LogP contribution < -0.4 is 11.1 Å². The minimum Gasteiger partial charge on any atom is -0.444 e. The van der Waals surface area contributed by atoms with E-state index in [1.165, 1.54) is 0 Å². The summed E-state index contributed by atoms with van der Waals surface area (Å²) < 4.78 is 5.31. The Morgan fingerprint density at radius 2 is 1.63 bits per heavy atom. The van der Waals surface area contributed by atoms with E-state index >= 15 is 0 Å². The molecule has 0 aliphatic heterocycles. The minimum absolute atomic E-state index is 0.209. The first-order valence-electron chi connectivity index (χ1n) is 8.61. The summed E-state index contributed by atoms with van der Waals surface area (Å²) in [5.74, 6) is -0.209. The van der Waals surface area contributed by atoms with Gasteiger partial charge in [0.1, 0.15) is 5.60 Å². The van der Waals surface area contributed by atoms with E-state index in [4.69, 9.17) is 22.1 Å². The topological polar surface area (TPSA) is 81.4 Å².